The summed E-state index contributed by atoms with van der Waals surface area (Å²) in [6, 6.07) is 6.94. The Morgan fingerprint density at radius 1 is 1.11 bits per heavy atom. The molecule has 1 aromatic carbocycles. The van der Waals surface area contributed by atoms with E-state index in [0.717, 1.165) is 20.8 Å². The van der Waals surface area contributed by atoms with Crippen molar-refractivity contribution in [1.29, 1.82) is 0 Å². The molecule has 0 radical (unpaired) electrons. The molecule has 2 aromatic rings. The molecular weight excluding hydrogens is 354 g/mol. The van der Waals surface area contributed by atoms with Crippen molar-refractivity contribution in [1.82, 2.24) is 9.13 Å². The Kier molecular flexibility index (Phi) is 5.96. The van der Waals surface area contributed by atoms with Crippen molar-refractivity contribution in [2.75, 3.05) is 19.5 Å². The monoisotopic (exact) mass is 373 g/mol. The van der Waals surface area contributed by atoms with Crippen molar-refractivity contribution in [3.8, 4) is 5.75 Å². The fourth-order valence-electron chi connectivity index (χ4n) is 2.26. The molecule has 2 N–H and O–H groups in total. The molecule has 2 rings (SSSR count). The number of benzene rings is 1. The van der Waals surface area contributed by atoms with E-state index in [1.807, 2.05) is 0 Å². The summed E-state index contributed by atoms with van der Waals surface area (Å²) in [5.41, 5.74) is 4.52. The Labute approximate surface area is 154 Å². The van der Waals surface area contributed by atoms with Gasteiger partial charge in [-0.15, -0.1) is 0 Å². The van der Waals surface area contributed by atoms with Crippen LogP contribution in [0.1, 0.15) is 15.9 Å². The molecule has 0 saturated carbocycles. The number of nitrogens with zero attached hydrogens (tertiary/aromatic N) is 2. The van der Waals surface area contributed by atoms with Gasteiger partial charge in [-0.2, -0.15) is 0 Å². The van der Waals surface area contributed by atoms with Crippen molar-refractivity contribution in [2.24, 2.45) is 14.1 Å². The highest BCUT2D eigenvalue weighted by Gasteiger charge is 2.21. The molecule has 1 heterocycles. The second kappa shape index (κ2) is 8.17. The first kappa shape index (κ1) is 19.7. The van der Waals surface area contributed by atoms with E-state index in [9.17, 15) is 19.2 Å². The van der Waals surface area contributed by atoms with Gasteiger partial charge in [-0.05, 0) is 23.8 Å². The number of Topliss-reactive ketones (excluding diaryl/α,β-unsaturated/α-hetero) is 1. The summed E-state index contributed by atoms with van der Waals surface area (Å²) in [5, 5.41) is 0. The van der Waals surface area contributed by atoms with Gasteiger partial charge in [0.25, 0.3) is 5.56 Å². The highest BCUT2D eigenvalue weighted by atomic mass is 16.5. The average Bonchev–Trinajstić information content (AvgIpc) is 2.68. The molecule has 142 valence electrons. The van der Waals surface area contributed by atoms with E-state index in [1.165, 1.54) is 20.2 Å². The average molecular weight is 373 g/mol. The van der Waals surface area contributed by atoms with Gasteiger partial charge in [0.05, 0.1) is 7.11 Å². The number of aromatic nitrogens is 2. The third kappa shape index (κ3) is 4.32. The van der Waals surface area contributed by atoms with Gasteiger partial charge in [-0.3, -0.25) is 18.7 Å². The van der Waals surface area contributed by atoms with E-state index >= 15 is 0 Å². The molecule has 0 unspecified atom stereocenters. The van der Waals surface area contributed by atoms with Gasteiger partial charge in [0.1, 0.15) is 17.1 Å². The van der Waals surface area contributed by atoms with Crippen molar-refractivity contribution < 1.29 is 19.1 Å². The normalized spacial score (nSPS) is 10.8. The van der Waals surface area contributed by atoms with Gasteiger partial charge >= 0.3 is 11.7 Å². The van der Waals surface area contributed by atoms with E-state index < -0.39 is 35.2 Å². The second-order valence-corrected chi connectivity index (χ2v) is 5.60. The minimum atomic E-state index is -0.842. The van der Waals surface area contributed by atoms with Gasteiger partial charge in [0.15, 0.2) is 6.61 Å². The first-order valence-electron chi connectivity index (χ1n) is 7.83. The zero-order chi connectivity index (χ0) is 20.1. The van der Waals surface area contributed by atoms with Crippen molar-refractivity contribution in [2.45, 2.75) is 0 Å². The number of nitrogens with two attached hydrogens (primary N) is 1. The topological polar surface area (TPSA) is 123 Å². The lowest BCUT2D eigenvalue weighted by atomic mass is 10.2. The van der Waals surface area contributed by atoms with E-state index in [1.54, 1.807) is 31.4 Å². The molecule has 0 aliphatic heterocycles. The molecule has 0 amide bonds. The van der Waals surface area contributed by atoms with Crippen LogP contribution in [0.4, 0.5) is 5.82 Å². The first-order chi connectivity index (χ1) is 12.8. The first-order valence-corrected chi connectivity index (χ1v) is 7.83. The number of carbonyl (C=O) groups is 2. The zero-order valence-corrected chi connectivity index (χ0v) is 15.1. The van der Waals surface area contributed by atoms with Gasteiger partial charge in [0.2, 0.25) is 5.78 Å². The number of ether oxygens (including phenoxy) is 2. The van der Waals surface area contributed by atoms with Crippen LogP contribution >= 0.6 is 0 Å². The minimum absolute atomic E-state index is 0.280. The third-order valence-corrected chi connectivity index (χ3v) is 3.86. The molecule has 0 atom stereocenters. The van der Waals surface area contributed by atoms with E-state index in [0.29, 0.717) is 5.75 Å². The van der Waals surface area contributed by atoms with Gasteiger partial charge in [0, 0.05) is 20.2 Å². The Morgan fingerprint density at radius 3 is 2.33 bits per heavy atom. The quantitative estimate of drug-likeness (QED) is 0.433. The summed E-state index contributed by atoms with van der Waals surface area (Å²) in [6.45, 7) is -0.677. The van der Waals surface area contributed by atoms with Crippen LogP contribution in [-0.4, -0.2) is 34.6 Å². The number of ketones is 1. The molecule has 9 nitrogen and oxygen atoms in total. The molecule has 9 heteroatoms. The largest absolute Gasteiger partial charge is 0.497 e. The molecule has 0 saturated heterocycles. The number of rotatable bonds is 6. The number of hydrogen-bond acceptors (Lipinski definition) is 7. The Hall–Kier alpha value is -3.62. The molecule has 0 aliphatic carbocycles. The van der Waals surface area contributed by atoms with Crippen LogP contribution in [0.15, 0.2) is 39.9 Å². The van der Waals surface area contributed by atoms with Crippen LogP contribution in [0.25, 0.3) is 6.08 Å². The predicted molar refractivity (Wildman–Crippen MR) is 98.7 cm³/mol. The lowest BCUT2D eigenvalue weighted by molar-refractivity contribution is -0.136. The number of hydrogen-bond donors (Lipinski definition) is 1. The number of carbonyl (C=O) groups excluding carboxylic acids is 2. The minimum Gasteiger partial charge on any atom is -0.497 e. The van der Waals surface area contributed by atoms with Gasteiger partial charge in [-0.25, -0.2) is 9.59 Å². The van der Waals surface area contributed by atoms with Gasteiger partial charge < -0.3 is 15.2 Å². The Balaban J connectivity index is 2.07. The molecule has 0 spiro atoms. The predicted octanol–water partition coefficient (Wildman–Crippen LogP) is 0.114. The lowest BCUT2D eigenvalue weighted by Crippen LogP contribution is -2.42. The van der Waals surface area contributed by atoms with Crippen molar-refractivity contribution in [3.63, 3.8) is 0 Å². The highest BCUT2D eigenvalue weighted by molar-refractivity contribution is 6.01. The fourth-order valence-corrected chi connectivity index (χ4v) is 2.26. The van der Waals surface area contributed by atoms with Crippen LogP contribution in [0.2, 0.25) is 0 Å². The smallest absolute Gasteiger partial charge is 0.332 e. The molecule has 0 fully saturated rings. The number of methoxy groups -OCH3 is 1. The van der Waals surface area contributed by atoms with Crippen molar-refractivity contribution >= 4 is 23.6 Å². The third-order valence-electron chi connectivity index (χ3n) is 3.86. The summed E-state index contributed by atoms with van der Waals surface area (Å²) in [6.07, 6.45) is 2.66. The second-order valence-electron chi connectivity index (χ2n) is 5.60. The molecule has 1 aromatic heterocycles. The lowest BCUT2D eigenvalue weighted by Gasteiger charge is -2.10. The summed E-state index contributed by atoms with van der Waals surface area (Å²) in [5.74, 6) is -1.16. The van der Waals surface area contributed by atoms with E-state index in [2.05, 4.69) is 0 Å². The Bertz CT molecular complexity index is 1020. The maximum absolute atomic E-state index is 12.2. The number of anilines is 1. The van der Waals surface area contributed by atoms with Crippen LogP contribution in [0, 0.1) is 0 Å². The van der Waals surface area contributed by atoms with Crippen molar-refractivity contribution in [3.05, 3.63) is 62.3 Å². The van der Waals surface area contributed by atoms with Crippen LogP contribution in [-0.2, 0) is 23.6 Å². The van der Waals surface area contributed by atoms with Crippen LogP contribution < -0.4 is 21.7 Å². The molecular formula is C18H19N3O6. The molecule has 0 aliphatic rings. The number of esters is 1. The maximum atomic E-state index is 12.2. The molecule has 27 heavy (non-hydrogen) atoms. The Morgan fingerprint density at radius 2 is 1.74 bits per heavy atom. The molecule has 0 bridgehead atoms. The summed E-state index contributed by atoms with van der Waals surface area (Å²) in [4.78, 5) is 47.8. The highest BCUT2D eigenvalue weighted by Crippen LogP contribution is 2.12. The van der Waals surface area contributed by atoms with Gasteiger partial charge in [-0.1, -0.05) is 12.1 Å². The van der Waals surface area contributed by atoms with Crippen LogP contribution in [0.5, 0.6) is 5.75 Å². The maximum Gasteiger partial charge on any atom is 0.332 e. The van der Waals surface area contributed by atoms with E-state index in [-0.39, 0.29) is 5.82 Å². The summed E-state index contributed by atoms with van der Waals surface area (Å²) >= 11 is 0. The fraction of sp³-hybridized carbons (Fsp3) is 0.222. The van der Waals surface area contributed by atoms with Crippen LogP contribution in [0.3, 0.4) is 0 Å². The van der Waals surface area contributed by atoms with E-state index in [4.69, 9.17) is 15.2 Å². The summed E-state index contributed by atoms with van der Waals surface area (Å²) in [7, 11) is 4.10. The standard InChI is InChI=1S/C18H19N3O6/c1-20-16(19)15(17(24)21(2)18(20)25)13(22)10-27-14(23)9-6-11-4-7-12(26-3)8-5-11/h4-9H,10,19H2,1-3H3/b9-6+. The zero-order valence-electron chi connectivity index (χ0n) is 15.1. The SMILES string of the molecule is COc1ccc(/C=C/C(=O)OCC(=O)c2c(N)n(C)c(=O)n(C)c2=O)cc1. The number of nitrogen functional groups attached to an aromatic ring is 1. The summed E-state index contributed by atoms with van der Waals surface area (Å²) < 4.78 is 11.6.